The van der Waals surface area contributed by atoms with Gasteiger partial charge in [-0.3, -0.25) is 0 Å². The molecule has 1 heterocycles. The summed E-state index contributed by atoms with van der Waals surface area (Å²) in [6.45, 7) is 0. The van der Waals surface area contributed by atoms with Crippen molar-refractivity contribution < 1.29 is 30.2 Å². The van der Waals surface area contributed by atoms with Gasteiger partial charge in [-0.25, -0.2) is 0 Å². The fourth-order valence-corrected chi connectivity index (χ4v) is 6.96. The second-order valence-electron chi connectivity index (χ2n) is 11.5. The smallest absolute Gasteiger partial charge is 0.454 e. The van der Waals surface area contributed by atoms with Gasteiger partial charge in [0, 0.05) is 22.0 Å². The predicted molar refractivity (Wildman–Crippen MR) is 175 cm³/mol. The topological polar surface area (TPSA) is 59.8 Å². The Morgan fingerprint density at radius 3 is 2.02 bits per heavy atom. The molecule has 1 aliphatic rings. The van der Waals surface area contributed by atoms with Crippen molar-refractivity contribution in [3.05, 3.63) is 121 Å². The molecule has 1 aromatic heterocycles. The van der Waals surface area contributed by atoms with Gasteiger partial charge >= 0.3 is 15.6 Å². The van der Waals surface area contributed by atoms with Gasteiger partial charge < -0.3 is 13.5 Å². The molecule has 7 rings (SSSR count). The van der Waals surface area contributed by atoms with E-state index in [1.807, 2.05) is 77.7 Å². The third-order valence-electron chi connectivity index (χ3n) is 8.63. The highest BCUT2D eigenvalue weighted by Gasteiger charge is 2.48. The number of benzene rings is 5. The Morgan fingerprint density at radius 1 is 0.674 bits per heavy atom. The van der Waals surface area contributed by atoms with Crippen molar-refractivity contribution in [3.8, 4) is 16.9 Å². The summed E-state index contributed by atoms with van der Waals surface area (Å²) < 4.78 is 73.6. The first kappa shape index (κ1) is 29.9. The maximum Gasteiger partial charge on any atom is 0.534 e. The van der Waals surface area contributed by atoms with E-state index < -0.39 is 21.4 Å². The molecule has 1 aliphatic carbocycles. The lowest BCUT2D eigenvalue weighted by molar-refractivity contribution is -0.0500. The van der Waals surface area contributed by atoms with E-state index in [9.17, 15) is 21.6 Å². The van der Waals surface area contributed by atoms with Gasteiger partial charge in [-0.1, -0.05) is 98.1 Å². The zero-order valence-electron chi connectivity index (χ0n) is 24.7. The van der Waals surface area contributed by atoms with E-state index in [1.54, 1.807) is 0 Å². The maximum atomic E-state index is 13.0. The molecule has 6 aromatic rings. The summed E-state index contributed by atoms with van der Waals surface area (Å²) in [7, 11) is -5.82. The molecule has 46 heavy (non-hydrogen) atoms. The second-order valence-corrected chi connectivity index (χ2v) is 13.0. The van der Waals surface area contributed by atoms with Gasteiger partial charge in [0.2, 0.25) is 0 Å². The number of anilines is 3. The third-order valence-corrected chi connectivity index (χ3v) is 9.61. The first-order valence-electron chi connectivity index (χ1n) is 15.2. The minimum atomic E-state index is -5.82. The molecular weight excluding hydrogens is 611 g/mol. The van der Waals surface area contributed by atoms with Gasteiger partial charge in [-0.15, -0.1) is 0 Å². The highest BCUT2D eigenvalue weighted by Crippen LogP contribution is 2.47. The Morgan fingerprint density at radius 2 is 1.30 bits per heavy atom. The number of alkyl halides is 3. The molecule has 0 N–H and O–H groups in total. The van der Waals surface area contributed by atoms with Crippen LogP contribution in [0.25, 0.3) is 33.1 Å². The average molecular weight is 642 g/mol. The van der Waals surface area contributed by atoms with Crippen LogP contribution in [0, 0.1) is 0 Å². The molecule has 9 heteroatoms. The number of rotatable bonds is 7. The summed E-state index contributed by atoms with van der Waals surface area (Å²) in [5.74, 6) is -0.0201. The van der Waals surface area contributed by atoms with Gasteiger partial charge in [0.05, 0.1) is 11.4 Å². The van der Waals surface area contributed by atoms with Crippen molar-refractivity contribution in [1.82, 2.24) is 0 Å². The summed E-state index contributed by atoms with van der Waals surface area (Å²) >= 11 is 0. The Kier molecular flexibility index (Phi) is 7.72. The SMILES string of the molecule is O=S(=O)(Oc1ccc(N(c2ccccc2-c2ccccc2)c2cccc3c2oc2c(C4CCCCC4)cccc23)cc1)C(F)(F)F. The van der Waals surface area contributed by atoms with E-state index >= 15 is 0 Å². The normalized spacial score (nSPS) is 14.5. The molecule has 1 fully saturated rings. The zero-order valence-corrected chi connectivity index (χ0v) is 25.5. The van der Waals surface area contributed by atoms with Gasteiger partial charge in [-0.05, 0) is 66.3 Å². The van der Waals surface area contributed by atoms with E-state index in [-0.39, 0.29) is 0 Å². The molecule has 0 aliphatic heterocycles. The van der Waals surface area contributed by atoms with E-state index in [1.165, 1.54) is 49.1 Å². The van der Waals surface area contributed by atoms with Crippen LogP contribution in [-0.2, 0) is 10.1 Å². The van der Waals surface area contributed by atoms with Crippen LogP contribution in [0.3, 0.4) is 0 Å². The summed E-state index contributed by atoms with van der Waals surface area (Å²) in [5, 5.41) is 1.97. The molecule has 5 aromatic carbocycles. The van der Waals surface area contributed by atoms with Gasteiger partial charge in [0.15, 0.2) is 5.58 Å². The van der Waals surface area contributed by atoms with Crippen LogP contribution in [0.4, 0.5) is 30.2 Å². The number of fused-ring (bicyclic) bond motifs is 3. The van der Waals surface area contributed by atoms with E-state index in [2.05, 4.69) is 22.4 Å². The molecule has 5 nitrogen and oxygen atoms in total. The van der Waals surface area contributed by atoms with Crippen LogP contribution < -0.4 is 9.08 Å². The van der Waals surface area contributed by atoms with Crippen molar-refractivity contribution >= 4 is 49.1 Å². The van der Waals surface area contributed by atoms with Crippen LogP contribution in [0.5, 0.6) is 5.75 Å². The average Bonchev–Trinajstić information content (AvgIpc) is 3.46. The van der Waals surface area contributed by atoms with Crippen LogP contribution in [0.2, 0.25) is 0 Å². The lowest BCUT2D eigenvalue weighted by atomic mass is 9.83. The Bertz CT molecular complexity index is 2120. The van der Waals surface area contributed by atoms with Gasteiger partial charge in [0.1, 0.15) is 11.3 Å². The minimum absolute atomic E-state index is 0.428. The Balaban J connectivity index is 1.42. The number of nitrogens with zero attached hydrogens (tertiary/aromatic N) is 1. The Hall–Kier alpha value is -4.76. The van der Waals surface area contributed by atoms with E-state index in [4.69, 9.17) is 4.42 Å². The molecule has 0 amide bonds. The molecule has 0 radical (unpaired) electrons. The molecule has 0 spiro atoms. The molecule has 0 atom stereocenters. The van der Waals surface area contributed by atoms with Crippen LogP contribution in [0.1, 0.15) is 43.6 Å². The Labute approximate surface area is 265 Å². The first-order chi connectivity index (χ1) is 22.2. The number of halogens is 3. The first-order valence-corrected chi connectivity index (χ1v) is 16.6. The quantitative estimate of drug-likeness (QED) is 0.128. The van der Waals surface area contributed by atoms with Crippen molar-refractivity contribution in [2.24, 2.45) is 0 Å². The number of hydrogen-bond acceptors (Lipinski definition) is 5. The summed E-state index contributed by atoms with van der Waals surface area (Å²) in [4.78, 5) is 1.98. The maximum absolute atomic E-state index is 13.0. The summed E-state index contributed by atoms with van der Waals surface area (Å²) in [6, 6.07) is 35.5. The largest absolute Gasteiger partial charge is 0.534 e. The highest BCUT2D eigenvalue weighted by molar-refractivity contribution is 7.88. The molecule has 0 unspecified atom stereocenters. The third kappa shape index (κ3) is 5.49. The minimum Gasteiger partial charge on any atom is -0.454 e. The summed E-state index contributed by atoms with van der Waals surface area (Å²) in [5.41, 5.74) is 1.19. The standard InChI is InChI=1S/C37H30F3NO4S/c38-37(39,40)46(42,43)45-28-23-21-27(22-24-28)41(33-19-8-7-15-29(33)25-11-3-1-4-12-25)34-20-10-18-32-31-17-9-16-30(35(31)44-36(32)34)26-13-5-2-6-14-26/h1,3-4,7-12,15-24,26H,2,5-6,13-14H2. The van der Waals surface area contributed by atoms with Crippen molar-refractivity contribution in [1.29, 1.82) is 0 Å². The zero-order chi connectivity index (χ0) is 31.9. The number of furan rings is 1. The van der Waals surface area contributed by atoms with Crippen molar-refractivity contribution in [2.45, 2.75) is 43.5 Å². The number of para-hydroxylation sites is 3. The molecule has 234 valence electrons. The van der Waals surface area contributed by atoms with Crippen LogP contribution in [0.15, 0.2) is 120 Å². The van der Waals surface area contributed by atoms with E-state index in [0.717, 1.165) is 51.7 Å². The second kappa shape index (κ2) is 11.9. The number of hydrogen-bond donors (Lipinski definition) is 0. The molecular formula is C37H30F3NO4S. The lowest BCUT2D eigenvalue weighted by Gasteiger charge is -2.28. The molecule has 0 bridgehead atoms. The molecule has 0 saturated heterocycles. The monoisotopic (exact) mass is 641 g/mol. The fourth-order valence-electron chi connectivity index (χ4n) is 6.50. The fraction of sp³-hybridized carbons (Fsp3) is 0.189. The summed E-state index contributed by atoms with van der Waals surface area (Å²) in [6.07, 6.45) is 5.88. The predicted octanol–water partition coefficient (Wildman–Crippen LogP) is 11.0. The van der Waals surface area contributed by atoms with Crippen molar-refractivity contribution in [3.63, 3.8) is 0 Å². The highest BCUT2D eigenvalue weighted by atomic mass is 32.2. The molecule has 1 saturated carbocycles. The van der Waals surface area contributed by atoms with Crippen LogP contribution in [-0.4, -0.2) is 13.9 Å². The van der Waals surface area contributed by atoms with Gasteiger partial charge in [-0.2, -0.15) is 21.6 Å². The van der Waals surface area contributed by atoms with Gasteiger partial charge in [0.25, 0.3) is 0 Å². The lowest BCUT2D eigenvalue weighted by Crippen LogP contribution is -2.28. The van der Waals surface area contributed by atoms with Crippen molar-refractivity contribution in [2.75, 3.05) is 4.90 Å². The van der Waals surface area contributed by atoms with Crippen LogP contribution >= 0.6 is 0 Å². The van der Waals surface area contributed by atoms with E-state index in [0.29, 0.717) is 17.2 Å².